The largest absolute Gasteiger partial charge is 0.350 e. The van der Waals surface area contributed by atoms with Crippen molar-refractivity contribution in [2.24, 2.45) is 5.73 Å². The van der Waals surface area contributed by atoms with Crippen molar-refractivity contribution in [3.8, 4) is 0 Å². The molecule has 1 aliphatic rings. The number of carbonyl (C=O) groups excluding carboxylic acids is 2. The molecule has 86 valence electrons. The Morgan fingerprint density at radius 2 is 2.40 bits per heavy atom. The van der Waals surface area contributed by atoms with E-state index in [4.69, 9.17) is 5.73 Å². The van der Waals surface area contributed by atoms with E-state index in [-0.39, 0.29) is 17.9 Å². The molecule has 0 aliphatic carbocycles. The third kappa shape index (κ3) is 3.20. The molecule has 0 bridgehead atoms. The Kier molecular flexibility index (Phi) is 4.08. The van der Waals surface area contributed by atoms with Gasteiger partial charge in [0.15, 0.2) is 0 Å². The molecule has 2 atom stereocenters. The summed E-state index contributed by atoms with van der Waals surface area (Å²) < 4.78 is 0. The normalized spacial score (nSPS) is 23.8. The fraction of sp³-hybridized carbons (Fsp3) is 0.800. The van der Waals surface area contributed by atoms with E-state index in [1.807, 2.05) is 6.92 Å². The number of carbonyl (C=O) groups is 2. The van der Waals surface area contributed by atoms with Crippen LogP contribution in [0.2, 0.25) is 0 Å². The fourth-order valence-corrected chi connectivity index (χ4v) is 1.62. The topological polar surface area (TPSA) is 75.4 Å². The van der Waals surface area contributed by atoms with Crippen molar-refractivity contribution < 1.29 is 9.59 Å². The quantitative estimate of drug-likeness (QED) is 0.661. The molecule has 2 amide bonds. The van der Waals surface area contributed by atoms with Crippen LogP contribution in [0.5, 0.6) is 0 Å². The first-order chi connectivity index (χ1) is 7.04. The Morgan fingerprint density at radius 1 is 1.73 bits per heavy atom. The maximum atomic E-state index is 11.5. The lowest BCUT2D eigenvalue weighted by Crippen LogP contribution is -2.52. The maximum absolute atomic E-state index is 11.5. The fourth-order valence-electron chi connectivity index (χ4n) is 1.62. The van der Waals surface area contributed by atoms with E-state index in [1.54, 1.807) is 11.9 Å². The molecule has 15 heavy (non-hydrogen) atoms. The first-order valence-corrected chi connectivity index (χ1v) is 5.34. The van der Waals surface area contributed by atoms with E-state index in [0.29, 0.717) is 25.8 Å². The Bertz CT molecular complexity index is 255. The number of hydrogen-bond donors (Lipinski definition) is 2. The molecular formula is C10H19N3O2. The van der Waals surface area contributed by atoms with Crippen LogP contribution in [0.1, 0.15) is 26.2 Å². The SMILES string of the molecule is CC[C@H](N)C(=O)NC1CCC(=O)N(C)C1. The summed E-state index contributed by atoms with van der Waals surface area (Å²) in [6, 6.07) is -0.384. The number of amides is 2. The Morgan fingerprint density at radius 3 is 2.93 bits per heavy atom. The van der Waals surface area contributed by atoms with E-state index in [1.165, 1.54) is 0 Å². The van der Waals surface area contributed by atoms with Crippen LogP contribution in [0.3, 0.4) is 0 Å². The van der Waals surface area contributed by atoms with Crippen molar-refractivity contribution in [1.82, 2.24) is 10.2 Å². The minimum Gasteiger partial charge on any atom is -0.350 e. The molecule has 1 unspecified atom stereocenters. The summed E-state index contributed by atoms with van der Waals surface area (Å²) in [5.74, 6) is 0.0190. The second-order valence-electron chi connectivity index (χ2n) is 4.03. The van der Waals surface area contributed by atoms with Crippen molar-refractivity contribution in [3.63, 3.8) is 0 Å². The van der Waals surface area contributed by atoms with Crippen LogP contribution in [0, 0.1) is 0 Å². The summed E-state index contributed by atoms with van der Waals surface area (Å²) in [5, 5.41) is 2.86. The second kappa shape index (κ2) is 5.11. The minimum atomic E-state index is -0.437. The minimum absolute atomic E-state index is 0.0535. The van der Waals surface area contributed by atoms with Crippen LogP contribution < -0.4 is 11.1 Å². The summed E-state index contributed by atoms with van der Waals surface area (Å²) in [7, 11) is 1.75. The summed E-state index contributed by atoms with van der Waals surface area (Å²) in [4.78, 5) is 24.3. The standard InChI is InChI=1S/C10H19N3O2/c1-3-8(11)10(15)12-7-4-5-9(14)13(2)6-7/h7-8H,3-6,11H2,1-2H3,(H,12,15)/t7?,8-/m0/s1. The predicted octanol–water partition coefficient (Wildman–Crippen LogP) is -0.539. The summed E-state index contributed by atoms with van der Waals surface area (Å²) in [6.45, 7) is 2.46. The van der Waals surface area contributed by atoms with Crippen LogP contribution in [0.25, 0.3) is 0 Å². The smallest absolute Gasteiger partial charge is 0.237 e. The van der Waals surface area contributed by atoms with Gasteiger partial charge in [-0.2, -0.15) is 0 Å². The molecule has 0 radical (unpaired) electrons. The van der Waals surface area contributed by atoms with Gasteiger partial charge in [0.2, 0.25) is 11.8 Å². The lowest BCUT2D eigenvalue weighted by atomic mass is 10.1. The first kappa shape index (κ1) is 12.0. The van der Waals surface area contributed by atoms with Crippen LogP contribution >= 0.6 is 0 Å². The van der Waals surface area contributed by atoms with Gasteiger partial charge in [-0.05, 0) is 12.8 Å². The first-order valence-electron chi connectivity index (χ1n) is 5.34. The molecule has 1 saturated heterocycles. The molecule has 5 heteroatoms. The molecule has 0 aromatic carbocycles. The molecule has 3 N–H and O–H groups in total. The number of nitrogens with one attached hydrogen (secondary N) is 1. The van der Waals surface area contributed by atoms with Crippen molar-refractivity contribution >= 4 is 11.8 Å². The molecule has 0 aromatic heterocycles. The molecule has 1 heterocycles. The van der Waals surface area contributed by atoms with E-state index in [0.717, 1.165) is 0 Å². The summed E-state index contributed by atoms with van der Waals surface area (Å²) in [6.07, 6.45) is 1.85. The Hall–Kier alpha value is -1.10. The lowest BCUT2D eigenvalue weighted by Gasteiger charge is -2.30. The van der Waals surface area contributed by atoms with Crippen LogP contribution in [-0.2, 0) is 9.59 Å². The van der Waals surface area contributed by atoms with Crippen LogP contribution in [0.4, 0.5) is 0 Å². The highest BCUT2D eigenvalue weighted by Gasteiger charge is 2.25. The number of likely N-dealkylation sites (N-methyl/N-ethyl adjacent to an activating group) is 1. The lowest BCUT2D eigenvalue weighted by molar-refractivity contribution is -0.134. The van der Waals surface area contributed by atoms with E-state index >= 15 is 0 Å². The summed E-state index contributed by atoms with van der Waals surface area (Å²) >= 11 is 0. The number of likely N-dealkylation sites (tertiary alicyclic amines) is 1. The van der Waals surface area contributed by atoms with Crippen LogP contribution in [-0.4, -0.2) is 42.4 Å². The van der Waals surface area contributed by atoms with Crippen LogP contribution in [0.15, 0.2) is 0 Å². The van der Waals surface area contributed by atoms with Crippen molar-refractivity contribution in [2.75, 3.05) is 13.6 Å². The predicted molar refractivity (Wildman–Crippen MR) is 57.1 cm³/mol. The summed E-state index contributed by atoms with van der Waals surface area (Å²) in [5.41, 5.74) is 5.60. The maximum Gasteiger partial charge on any atom is 0.237 e. The number of piperidine rings is 1. The number of hydrogen-bond acceptors (Lipinski definition) is 3. The molecule has 0 saturated carbocycles. The third-order valence-electron chi connectivity index (χ3n) is 2.75. The molecule has 1 fully saturated rings. The molecular weight excluding hydrogens is 194 g/mol. The van der Waals surface area contributed by atoms with Gasteiger partial charge in [0.25, 0.3) is 0 Å². The zero-order valence-electron chi connectivity index (χ0n) is 9.32. The zero-order valence-corrected chi connectivity index (χ0v) is 9.32. The van der Waals surface area contributed by atoms with Gasteiger partial charge < -0.3 is 16.0 Å². The number of rotatable bonds is 3. The van der Waals surface area contributed by atoms with Gasteiger partial charge in [-0.3, -0.25) is 9.59 Å². The molecule has 5 nitrogen and oxygen atoms in total. The molecule has 0 spiro atoms. The van der Waals surface area contributed by atoms with E-state index < -0.39 is 6.04 Å². The Labute approximate surface area is 90.0 Å². The van der Waals surface area contributed by atoms with Gasteiger partial charge in [-0.1, -0.05) is 6.92 Å². The van der Waals surface area contributed by atoms with E-state index in [2.05, 4.69) is 5.32 Å². The second-order valence-corrected chi connectivity index (χ2v) is 4.03. The monoisotopic (exact) mass is 213 g/mol. The van der Waals surface area contributed by atoms with Gasteiger partial charge >= 0.3 is 0 Å². The van der Waals surface area contributed by atoms with Gasteiger partial charge in [0.1, 0.15) is 0 Å². The third-order valence-corrected chi connectivity index (χ3v) is 2.75. The highest BCUT2D eigenvalue weighted by Crippen LogP contribution is 2.09. The molecule has 0 aromatic rings. The average molecular weight is 213 g/mol. The highest BCUT2D eigenvalue weighted by atomic mass is 16.2. The highest BCUT2D eigenvalue weighted by molar-refractivity contribution is 5.82. The number of nitrogens with two attached hydrogens (primary N) is 1. The Balaban J connectivity index is 2.40. The van der Waals surface area contributed by atoms with Gasteiger partial charge in [0, 0.05) is 26.1 Å². The van der Waals surface area contributed by atoms with Crippen molar-refractivity contribution in [1.29, 1.82) is 0 Å². The zero-order chi connectivity index (χ0) is 11.4. The van der Waals surface area contributed by atoms with Crippen molar-refractivity contribution in [2.45, 2.75) is 38.3 Å². The van der Waals surface area contributed by atoms with Gasteiger partial charge in [-0.15, -0.1) is 0 Å². The van der Waals surface area contributed by atoms with Gasteiger partial charge in [0.05, 0.1) is 6.04 Å². The van der Waals surface area contributed by atoms with Gasteiger partial charge in [-0.25, -0.2) is 0 Å². The van der Waals surface area contributed by atoms with E-state index in [9.17, 15) is 9.59 Å². The average Bonchev–Trinajstić information content (AvgIpc) is 2.22. The van der Waals surface area contributed by atoms with Crippen molar-refractivity contribution in [3.05, 3.63) is 0 Å². The molecule has 1 aliphatic heterocycles. The molecule has 1 rings (SSSR count). The number of nitrogens with zero attached hydrogens (tertiary/aromatic N) is 1.